The van der Waals surface area contributed by atoms with Gasteiger partial charge in [-0.05, 0) is 39.8 Å². The predicted octanol–water partition coefficient (Wildman–Crippen LogP) is 1.74. The van der Waals surface area contributed by atoms with Crippen molar-refractivity contribution in [1.29, 1.82) is 0 Å². The highest BCUT2D eigenvalue weighted by atomic mass is 16.7. The van der Waals surface area contributed by atoms with Gasteiger partial charge in [0.1, 0.15) is 12.4 Å². The summed E-state index contributed by atoms with van der Waals surface area (Å²) >= 11 is 0. The van der Waals surface area contributed by atoms with E-state index in [9.17, 15) is 0 Å². The van der Waals surface area contributed by atoms with Crippen molar-refractivity contribution in [2.45, 2.75) is 38.9 Å². The van der Waals surface area contributed by atoms with E-state index in [0.29, 0.717) is 30.5 Å². The van der Waals surface area contributed by atoms with E-state index in [2.05, 4.69) is 0 Å². The molecule has 0 amide bonds. The average molecular weight is 322 g/mol. The van der Waals surface area contributed by atoms with E-state index in [0.717, 1.165) is 5.46 Å². The van der Waals surface area contributed by atoms with Gasteiger partial charge in [0.25, 0.3) is 0 Å². The third-order valence-corrected chi connectivity index (χ3v) is 4.57. The molecule has 0 saturated carbocycles. The fourth-order valence-electron chi connectivity index (χ4n) is 2.52. The molecule has 0 aliphatic carbocycles. The number of fused-ring (bicyclic) bond motifs is 1. The van der Waals surface area contributed by atoms with Crippen molar-refractivity contribution in [3.63, 3.8) is 0 Å². The highest BCUT2D eigenvalue weighted by molar-refractivity contribution is 6.64. The van der Waals surface area contributed by atoms with Crippen molar-refractivity contribution in [1.82, 2.24) is 0 Å². The van der Waals surface area contributed by atoms with Crippen LogP contribution < -0.4 is 19.7 Å². The molecule has 0 radical (unpaired) electrons. The molecule has 0 spiro atoms. The lowest BCUT2D eigenvalue weighted by molar-refractivity contribution is 0.00578. The van der Waals surface area contributed by atoms with E-state index in [4.69, 9.17) is 28.3 Å². The molecule has 0 bridgehead atoms. The molecule has 1 aromatic carbocycles. The molecular formula is C16H23BO6. The predicted molar refractivity (Wildman–Crippen MR) is 85.7 cm³/mol. The summed E-state index contributed by atoms with van der Waals surface area (Å²) in [4.78, 5) is 0. The molecule has 3 rings (SSSR count). The van der Waals surface area contributed by atoms with Crippen LogP contribution in [-0.4, -0.2) is 45.4 Å². The molecule has 2 heterocycles. The van der Waals surface area contributed by atoms with E-state index in [-0.39, 0.29) is 6.79 Å². The summed E-state index contributed by atoms with van der Waals surface area (Å²) in [6, 6.07) is 3.68. The van der Waals surface area contributed by atoms with Gasteiger partial charge < -0.3 is 28.3 Å². The molecule has 1 fully saturated rings. The molecule has 1 saturated heterocycles. The van der Waals surface area contributed by atoms with E-state index in [1.165, 1.54) is 0 Å². The van der Waals surface area contributed by atoms with E-state index < -0.39 is 18.3 Å². The summed E-state index contributed by atoms with van der Waals surface area (Å²) in [5.74, 6) is 1.96. The van der Waals surface area contributed by atoms with Crippen molar-refractivity contribution in [3.8, 4) is 17.2 Å². The molecule has 7 heteroatoms. The third-order valence-electron chi connectivity index (χ3n) is 4.57. The number of rotatable bonds is 5. The summed E-state index contributed by atoms with van der Waals surface area (Å²) in [6.45, 7) is 9.17. The van der Waals surface area contributed by atoms with Crippen LogP contribution in [0.3, 0.4) is 0 Å². The Kier molecular flexibility index (Phi) is 4.20. The molecule has 0 unspecified atom stereocenters. The Morgan fingerprint density at radius 2 is 1.74 bits per heavy atom. The van der Waals surface area contributed by atoms with Crippen LogP contribution in [-0.2, 0) is 14.0 Å². The number of benzene rings is 1. The SMILES string of the molecule is COCCOc1ccc2c(c1B1OC(C)(C)C(C)(C)O1)OCO2. The number of ether oxygens (including phenoxy) is 4. The van der Waals surface area contributed by atoms with Crippen molar-refractivity contribution < 1.29 is 28.3 Å². The van der Waals surface area contributed by atoms with Gasteiger partial charge in [-0.3, -0.25) is 0 Å². The van der Waals surface area contributed by atoms with Gasteiger partial charge in [-0.2, -0.15) is 0 Å². The van der Waals surface area contributed by atoms with Crippen molar-refractivity contribution in [2.75, 3.05) is 27.1 Å². The first-order valence-electron chi connectivity index (χ1n) is 7.75. The summed E-state index contributed by atoms with van der Waals surface area (Å²) in [6.07, 6.45) is 0. The second kappa shape index (κ2) is 5.89. The number of hydrogen-bond donors (Lipinski definition) is 0. The minimum Gasteiger partial charge on any atom is -0.491 e. The van der Waals surface area contributed by atoms with Gasteiger partial charge in [0.05, 0.1) is 23.3 Å². The quantitative estimate of drug-likeness (QED) is 0.608. The lowest BCUT2D eigenvalue weighted by Gasteiger charge is -2.32. The normalized spacial score (nSPS) is 20.8. The molecule has 2 aliphatic heterocycles. The Morgan fingerprint density at radius 3 is 2.39 bits per heavy atom. The smallest absolute Gasteiger partial charge is 0.491 e. The second-order valence-corrected chi connectivity index (χ2v) is 6.64. The Hall–Kier alpha value is -1.44. The zero-order valence-corrected chi connectivity index (χ0v) is 14.3. The molecule has 1 aromatic rings. The van der Waals surface area contributed by atoms with Gasteiger partial charge in [0.15, 0.2) is 11.5 Å². The summed E-state index contributed by atoms with van der Waals surface area (Å²) in [5.41, 5.74) is -0.150. The first-order valence-corrected chi connectivity index (χ1v) is 7.75. The van der Waals surface area contributed by atoms with Crippen LogP contribution in [0, 0.1) is 0 Å². The van der Waals surface area contributed by atoms with Crippen LogP contribution in [0.5, 0.6) is 17.2 Å². The maximum atomic E-state index is 6.15. The fourth-order valence-corrected chi connectivity index (χ4v) is 2.52. The second-order valence-electron chi connectivity index (χ2n) is 6.64. The third kappa shape index (κ3) is 2.89. The van der Waals surface area contributed by atoms with Gasteiger partial charge in [-0.25, -0.2) is 0 Å². The molecule has 2 aliphatic rings. The maximum absolute atomic E-state index is 6.15. The minimum atomic E-state index is -0.575. The zero-order valence-electron chi connectivity index (χ0n) is 14.3. The molecule has 0 N–H and O–H groups in total. The number of methoxy groups -OCH3 is 1. The Morgan fingerprint density at radius 1 is 1.04 bits per heavy atom. The molecular weight excluding hydrogens is 299 g/mol. The summed E-state index contributed by atoms with van der Waals surface area (Å²) in [5, 5.41) is 0. The monoisotopic (exact) mass is 322 g/mol. The van der Waals surface area contributed by atoms with Gasteiger partial charge in [-0.1, -0.05) is 0 Å². The summed E-state index contributed by atoms with van der Waals surface area (Å²) in [7, 11) is 1.06. The lowest BCUT2D eigenvalue weighted by atomic mass is 9.77. The van der Waals surface area contributed by atoms with Crippen LogP contribution in [0.25, 0.3) is 0 Å². The molecule has 23 heavy (non-hydrogen) atoms. The zero-order chi connectivity index (χ0) is 16.7. The van der Waals surface area contributed by atoms with Crippen molar-refractivity contribution in [3.05, 3.63) is 12.1 Å². The standard InChI is InChI=1S/C16H23BO6/c1-15(2)16(3,4)23-17(22-15)13-11(19-9-8-18-5)6-7-12-14(13)21-10-20-12/h6-7H,8-10H2,1-5H3. The molecule has 0 atom stereocenters. The average Bonchev–Trinajstić information content (AvgIpc) is 3.01. The van der Waals surface area contributed by atoms with Gasteiger partial charge in [-0.15, -0.1) is 0 Å². The first kappa shape index (κ1) is 16.4. The summed E-state index contributed by atoms with van der Waals surface area (Å²) < 4.78 is 34.3. The highest BCUT2D eigenvalue weighted by Crippen LogP contribution is 2.41. The largest absolute Gasteiger partial charge is 0.502 e. The Balaban J connectivity index is 1.95. The Labute approximate surface area is 137 Å². The first-order chi connectivity index (χ1) is 10.9. The van der Waals surface area contributed by atoms with E-state index in [1.807, 2.05) is 39.8 Å². The maximum Gasteiger partial charge on any atom is 0.502 e. The van der Waals surface area contributed by atoms with E-state index in [1.54, 1.807) is 7.11 Å². The van der Waals surface area contributed by atoms with Crippen LogP contribution in [0.2, 0.25) is 0 Å². The van der Waals surface area contributed by atoms with Crippen molar-refractivity contribution in [2.24, 2.45) is 0 Å². The van der Waals surface area contributed by atoms with Gasteiger partial charge in [0, 0.05) is 7.11 Å². The van der Waals surface area contributed by atoms with Gasteiger partial charge in [0.2, 0.25) is 6.79 Å². The molecule has 6 nitrogen and oxygen atoms in total. The van der Waals surface area contributed by atoms with Gasteiger partial charge >= 0.3 is 7.12 Å². The van der Waals surface area contributed by atoms with Crippen LogP contribution >= 0.6 is 0 Å². The van der Waals surface area contributed by atoms with Crippen molar-refractivity contribution >= 4 is 12.6 Å². The van der Waals surface area contributed by atoms with Crippen LogP contribution in [0.1, 0.15) is 27.7 Å². The van der Waals surface area contributed by atoms with Crippen LogP contribution in [0.4, 0.5) is 0 Å². The number of hydrogen-bond acceptors (Lipinski definition) is 6. The minimum absolute atomic E-state index is 0.184. The lowest BCUT2D eigenvalue weighted by Crippen LogP contribution is -2.41. The molecule has 126 valence electrons. The molecule has 0 aromatic heterocycles. The van der Waals surface area contributed by atoms with E-state index >= 15 is 0 Å². The van der Waals surface area contributed by atoms with Crippen LogP contribution in [0.15, 0.2) is 12.1 Å². The highest BCUT2D eigenvalue weighted by Gasteiger charge is 2.54. The Bertz CT molecular complexity index is 570. The fraction of sp³-hybridized carbons (Fsp3) is 0.625. The topological polar surface area (TPSA) is 55.4 Å².